The number of rotatable bonds is 6. The molecule has 0 aliphatic heterocycles. The summed E-state index contributed by atoms with van der Waals surface area (Å²) in [5.41, 5.74) is 8.08. The molecule has 1 rings (SSSR count). The lowest BCUT2D eigenvalue weighted by molar-refractivity contribution is 0.183. The van der Waals surface area contributed by atoms with E-state index in [4.69, 9.17) is 10.5 Å². The number of hydrogen-bond acceptors (Lipinski definition) is 3. The first kappa shape index (κ1) is 12.2. The van der Waals surface area contributed by atoms with E-state index < -0.39 is 0 Å². The van der Waals surface area contributed by atoms with E-state index in [1.807, 2.05) is 6.07 Å². The van der Waals surface area contributed by atoms with E-state index in [0.717, 1.165) is 13.1 Å². The normalized spacial score (nSPS) is 10.9. The Balaban J connectivity index is 2.66. The molecule has 3 heteroatoms. The lowest BCUT2D eigenvalue weighted by Gasteiger charge is -2.17. The van der Waals surface area contributed by atoms with Crippen molar-refractivity contribution in [2.45, 2.75) is 13.2 Å². The maximum Gasteiger partial charge on any atom is 0.0716 e. The van der Waals surface area contributed by atoms with E-state index >= 15 is 0 Å². The van der Waals surface area contributed by atoms with Crippen molar-refractivity contribution in [2.75, 3.05) is 27.2 Å². The van der Waals surface area contributed by atoms with Crippen LogP contribution in [-0.2, 0) is 17.9 Å². The number of likely N-dealkylation sites (N-methyl/N-ethyl adjacent to an activating group) is 1. The number of nitrogens with two attached hydrogens (primary N) is 1. The zero-order valence-electron chi connectivity index (χ0n) is 9.57. The molecule has 0 heterocycles. The molecule has 0 atom stereocenters. The van der Waals surface area contributed by atoms with Crippen LogP contribution in [-0.4, -0.2) is 32.1 Å². The Kier molecular flexibility index (Phi) is 5.32. The molecule has 0 aromatic heterocycles. The summed E-state index contributed by atoms with van der Waals surface area (Å²) >= 11 is 0. The van der Waals surface area contributed by atoms with Crippen molar-refractivity contribution in [1.82, 2.24) is 4.90 Å². The molecule has 0 spiro atoms. The van der Waals surface area contributed by atoms with Crippen LogP contribution in [0.25, 0.3) is 0 Å². The van der Waals surface area contributed by atoms with E-state index in [1.165, 1.54) is 11.1 Å². The molecule has 0 saturated heterocycles. The third-order valence-electron chi connectivity index (χ3n) is 2.37. The van der Waals surface area contributed by atoms with Gasteiger partial charge in [-0.05, 0) is 18.2 Å². The fourth-order valence-corrected chi connectivity index (χ4v) is 1.60. The number of nitrogens with zero attached hydrogens (tertiary/aromatic N) is 1. The van der Waals surface area contributed by atoms with E-state index in [-0.39, 0.29) is 0 Å². The van der Waals surface area contributed by atoms with Gasteiger partial charge in [0.05, 0.1) is 6.61 Å². The van der Waals surface area contributed by atoms with Crippen LogP contribution in [0.5, 0.6) is 0 Å². The Morgan fingerprint density at radius 1 is 1.27 bits per heavy atom. The molecule has 0 unspecified atom stereocenters. The monoisotopic (exact) mass is 208 g/mol. The van der Waals surface area contributed by atoms with Gasteiger partial charge in [-0.3, -0.25) is 0 Å². The van der Waals surface area contributed by atoms with Crippen molar-refractivity contribution in [2.24, 2.45) is 5.73 Å². The molecule has 2 N–H and O–H groups in total. The highest BCUT2D eigenvalue weighted by Crippen LogP contribution is 2.11. The third-order valence-corrected chi connectivity index (χ3v) is 2.37. The smallest absolute Gasteiger partial charge is 0.0716 e. The molecule has 1 aromatic carbocycles. The van der Waals surface area contributed by atoms with Crippen LogP contribution >= 0.6 is 0 Å². The van der Waals surface area contributed by atoms with Crippen molar-refractivity contribution < 1.29 is 4.74 Å². The fourth-order valence-electron chi connectivity index (χ4n) is 1.60. The maximum absolute atomic E-state index is 5.51. The predicted octanol–water partition coefficient (Wildman–Crippen LogP) is 1.22. The van der Waals surface area contributed by atoms with Gasteiger partial charge in [-0.2, -0.15) is 0 Å². The zero-order chi connectivity index (χ0) is 11.1. The van der Waals surface area contributed by atoms with Crippen LogP contribution in [0.4, 0.5) is 0 Å². The van der Waals surface area contributed by atoms with Gasteiger partial charge in [-0.15, -0.1) is 0 Å². The second-order valence-electron chi connectivity index (χ2n) is 3.73. The quantitative estimate of drug-likeness (QED) is 0.764. The van der Waals surface area contributed by atoms with Gasteiger partial charge in [-0.25, -0.2) is 0 Å². The average Bonchev–Trinajstić information content (AvgIpc) is 2.21. The number of methoxy groups -OCH3 is 1. The molecule has 0 saturated carbocycles. The van der Waals surface area contributed by atoms with Crippen molar-refractivity contribution in [3.05, 3.63) is 35.4 Å². The van der Waals surface area contributed by atoms with Crippen LogP contribution in [0.2, 0.25) is 0 Å². The summed E-state index contributed by atoms with van der Waals surface area (Å²) in [6.45, 7) is 3.22. The summed E-state index contributed by atoms with van der Waals surface area (Å²) in [5, 5.41) is 0. The summed E-state index contributed by atoms with van der Waals surface area (Å²) in [4.78, 5) is 2.22. The van der Waals surface area contributed by atoms with Gasteiger partial charge in [0.2, 0.25) is 0 Å². The minimum atomic E-state index is 0.673. The lowest BCUT2D eigenvalue weighted by Crippen LogP contribution is -2.25. The summed E-state index contributed by atoms with van der Waals surface area (Å²) < 4.78 is 5.17. The highest BCUT2D eigenvalue weighted by Gasteiger charge is 2.04. The molecule has 0 aliphatic carbocycles. The minimum Gasteiger partial charge on any atom is -0.380 e. The predicted molar refractivity (Wildman–Crippen MR) is 62.5 cm³/mol. The highest BCUT2D eigenvalue weighted by molar-refractivity contribution is 5.26. The van der Waals surface area contributed by atoms with Crippen molar-refractivity contribution in [3.8, 4) is 0 Å². The second kappa shape index (κ2) is 6.56. The SMILES string of the molecule is COCc1ccccc1CN(C)CCN. The first-order valence-electron chi connectivity index (χ1n) is 5.22. The van der Waals surface area contributed by atoms with Crippen LogP contribution in [0.3, 0.4) is 0 Å². The van der Waals surface area contributed by atoms with Gasteiger partial charge in [0.15, 0.2) is 0 Å². The molecular formula is C12H20N2O. The molecule has 0 radical (unpaired) electrons. The van der Waals surface area contributed by atoms with Crippen molar-refractivity contribution in [1.29, 1.82) is 0 Å². The summed E-state index contributed by atoms with van der Waals surface area (Å²) in [7, 11) is 3.80. The van der Waals surface area contributed by atoms with E-state index in [1.54, 1.807) is 7.11 Å². The Labute approximate surface area is 91.8 Å². The zero-order valence-corrected chi connectivity index (χ0v) is 9.57. The Morgan fingerprint density at radius 3 is 2.53 bits per heavy atom. The molecular weight excluding hydrogens is 188 g/mol. The van der Waals surface area contributed by atoms with E-state index in [0.29, 0.717) is 13.2 Å². The molecule has 15 heavy (non-hydrogen) atoms. The van der Waals surface area contributed by atoms with Gasteiger partial charge < -0.3 is 15.4 Å². The summed E-state index contributed by atoms with van der Waals surface area (Å²) in [5.74, 6) is 0. The molecule has 0 aliphatic rings. The van der Waals surface area contributed by atoms with Crippen LogP contribution in [0.1, 0.15) is 11.1 Å². The second-order valence-corrected chi connectivity index (χ2v) is 3.73. The van der Waals surface area contributed by atoms with Crippen LogP contribution in [0, 0.1) is 0 Å². The van der Waals surface area contributed by atoms with E-state index in [2.05, 4.69) is 30.1 Å². The molecule has 0 amide bonds. The summed E-state index contributed by atoms with van der Waals surface area (Å²) in [6.07, 6.45) is 0. The van der Waals surface area contributed by atoms with Crippen molar-refractivity contribution >= 4 is 0 Å². The maximum atomic E-state index is 5.51. The average molecular weight is 208 g/mol. The van der Waals surface area contributed by atoms with Gasteiger partial charge in [0.25, 0.3) is 0 Å². The fraction of sp³-hybridized carbons (Fsp3) is 0.500. The Bertz CT molecular complexity index is 289. The van der Waals surface area contributed by atoms with Gasteiger partial charge in [-0.1, -0.05) is 24.3 Å². The number of hydrogen-bond donors (Lipinski definition) is 1. The summed E-state index contributed by atoms with van der Waals surface area (Å²) in [6, 6.07) is 8.35. The van der Waals surface area contributed by atoms with Crippen LogP contribution in [0.15, 0.2) is 24.3 Å². The molecule has 84 valence electrons. The first-order valence-corrected chi connectivity index (χ1v) is 5.22. The lowest BCUT2D eigenvalue weighted by atomic mass is 10.1. The first-order chi connectivity index (χ1) is 7.27. The largest absolute Gasteiger partial charge is 0.380 e. The minimum absolute atomic E-state index is 0.673. The molecule has 1 aromatic rings. The molecule has 3 nitrogen and oxygen atoms in total. The van der Waals surface area contributed by atoms with Crippen molar-refractivity contribution in [3.63, 3.8) is 0 Å². The number of benzene rings is 1. The Hall–Kier alpha value is -0.900. The third kappa shape index (κ3) is 4.00. The molecule has 0 fully saturated rings. The standard InChI is InChI=1S/C12H20N2O/c1-14(8-7-13)9-11-5-3-4-6-12(11)10-15-2/h3-6H,7-10,13H2,1-2H3. The van der Waals surface area contributed by atoms with Gasteiger partial charge in [0.1, 0.15) is 0 Å². The topological polar surface area (TPSA) is 38.5 Å². The molecule has 0 bridgehead atoms. The van der Waals surface area contributed by atoms with Crippen LogP contribution < -0.4 is 5.73 Å². The highest BCUT2D eigenvalue weighted by atomic mass is 16.5. The number of ether oxygens (including phenoxy) is 1. The van der Waals surface area contributed by atoms with E-state index in [9.17, 15) is 0 Å². The Morgan fingerprint density at radius 2 is 1.93 bits per heavy atom. The van der Waals surface area contributed by atoms with Gasteiger partial charge in [0, 0.05) is 26.7 Å². The van der Waals surface area contributed by atoms with Gasteiger partial charge >= 0.3 is 0 Å².